The lowest BCUT2D eigenvalue weighted by molar-refractivity contribution is 0.0321. The number of rotatable bonds is 0. The molecule has 14 heavy (non-hydrogen) atoms. The molecule has 0 unspecified atom stereocenters. The second-order valence-corrected chi connectivity index (χ2v) is 4.49. The minimum absolute atomic E-state index is 0.106. The minimum Gasteiger partial charge on any atom is -0.464 e. The Hall–Kier alpha value is -0.770. The molecule has 4 nitrogen and oxygen atoms in total. The van der Waals surface area contributed by atoms with Gasteiger partial charge in [-0.15, -0.1) is 0 Å². The summed E-state index contributed by atoms with van der Waals surface area (Å²) < 4.78 is 0. The quantitative estimate of drug-likeness (QED) is 0.625. The lowest BCUT2D eigenvalue weighted by Crippen LogP contribution is -2.60. The van der Waals surface area contributed by atoms with Gasteiger partial charge in [-0.1, -0.05) is 19.3 Å². The van der Waals surface area contributed by atoms with E-state index < -0.39 is 6.09 Å². The number of nitrogens with zero attached hydrogens (tertiary/aromatic N) is 1. The predicted molar refractivity (Wildman–Crippen MR) is 52.9 cm³/mol. The summed E-state index contributed by atoms with van der Waals surface area (Å²) in [5, 5.41) is 10.3. The highest BCUT2D eigenvalue weighted by atomic mass is 16.4. The molecule has 0 aromatic carbocycles. The van der Waals surface area contributed by atoms with Crippen LogP contribution in [0.15, 0.2) is 0 Å². The van der Waals surface area contributed by atoms with E-state index in [4.69, 9.17) is 5.11 Å². The molecule has 1 spiro atoms. The molecule has 1 aliphatic heterocycles. The summed E-state index contributed by atoms with van der Waals surface area (Å²) in [6.07, 6.45) is 7.34. The van der Waals surface area contributed by atoms with E-state index in [1.807, 2.05) is 0 Å². The van der Waals surface area contributed by atoms with Crippen molar-refractivity contribution in [2.75, 3.05) is 6.54 Å². The maximum absolute atomic E-state index is 10.8. The van der Waals surface area contributed by atoms with Crippen molar-refractivity contribution < 1.29 is 9.90 Å². The molecule has 1 saturated heterocycles. The summed E-state index contributed by atoms with van der Waals surface area (Å²) in [5.41, 5.74) is 3.31. The standard InChI is InChI=1S/C10H18N2O2/c13-9(14)12-8-4-7-10(11-12)5-2-1-3-6-10/h11H,1-8H2,(H,13,14). The van der Waals surface area contributed by atoms with E-state index in [1.54, 1.807) is 0 Å². The topological polar surface area (TPSA) is 52.6 Å². The summed E-state index contributed by atoms with van der Waals surface area (Å²) in [6, 6.07) is 0. The molecular weight excluding hydrogens is 180 g/mol. The summed E-state index contributed by atoms with van der Waals surface area (Å²) >= 11 is 0. The molecule has 2 rings (SSSR count). The third-order valence-electron chi connectivity index (χ3n) is 3.45. The van der Waals surface area contributed by atoms with Crippen molar-refractivity contribution in [2.45, 2.75) is 50.5 Å². The van der Waals surface area contributed by atoms with E-state index in [-0.39, 0.29) is 5.54 Å². The lowest BCUT2D eigenvalue weighted by atomic mass is 9.78. The van der Waals surface area contributed by atoms with E-state index in [9.17, 15) is 4.79 Å². The van der Waals surface area contributed by atoms with Crippen LogP contribution in [0.1, 0.15) is 44.9 Å². The molecule has 1 saturated carbocycles. The fourth-order valence-corrected chi connectivity index (χ4v) is 2.71. The lowest BCUT2D eigenvalue weighted by Gasteiger charge is -2.45. The van der Waals surface area contributed by atoms with E-state index in [1.165, 1.54) is 24.3 Å². The van der Waals surface area contributed by atoms with Crippen LogP contribution in [0.5, 0.6) is 0 Å². The third-order valence-corrected chi connectivity index (χ3v) is 3.45. The molecule has 1 aliphatic carbocycles. The second kappa shape index (κ2) is 3.77. The summed E-state index contributed by atoms with van der Waals surface area (Å²) in [7, 11) is 0. The van der Waals surface area contributed by atoms with Crippen LogP contribution in [0, 0.1) is 0 Å². The number of carbonyl (C=O) groups is 1. The van der Waals surface area contributed by atoms with Gasteiger partial charge in [0.1, 0.15) is 0 Å². The Labute approximate surface area is 84.2 Å². The molecule has 80 valence electrons. The fraction of sp³-hybridized carbons (Fsp3) is 0.900. The van der Waals surface area contributed by atoms with E-state index in [2.05, 4.69) is 5.43 Å². The molecule has 2 aliphatic rings. The molecule has 2 fully saturated rings. The Morgan fingerprint density at radius 2 is 1.79 bits per heavy atom. The zero-order valence-corrected chi connectivity index (χ0v) is 8.46. The van der Waals surface area contributed by atoms with Gasteiger partial charge in [-0.3, -0.25) is 0 Å². The van der Waals surface area contributed by atoms with Gasteiger partial charge >= 0.3 is 6.09 Å². The van der Waals surface area contributed by atoms with Crippen molar-refractivity contribution in [3.05, 3.63) is 0 Å². The first-order valence-corrected chi connectivity index (χ1v) is 5.50. The van der Waals surface area contributed by atoms with Crippen LogP contribution in [-0.2, 0) is 0 Å². The third kappa shape index (κ3) is 1.85. The van der Waals surface area contributed by atoms with Crippen molar-refractivity contribution in [1.82, 2.24) is 10.4 Å². The molecule has 1 amide bonds. The van der Waals surface area contributed by atoms with Gasteiger partial charge in [-0.2, -0.15) is 0 Å². The Balaban J connectivity index is 2.01. The van der Waals surface area contributed by atoms with Crippen molar-refractivity contribution in [3.8, 4) is 0 Å². The molecule has 0 bridgehead atoms. The van der Waals surface area contributed by atoms with E-state index in [0.717, 1.165) is 25.7 Å². The van der Waals surface area contributed by atoms with Gasteiger partial charge in [0.25, 0.3) is 0 Å². The highest BCUT2D eigenvalue weighted by Crippen LogP contribution is 2.34. The Morgan fingerprint density at radius 1 is 1.14 bits per heavy atom. The number of amides is 1. The predicted octanol–water partition coefficient (Wildman–Crippen LogP) is 1.97. The highest BCUT2D eigenvalue weighted by molar-refractivity contribution is 5.64. The molecule has 1 heterocycles. The molecule has 0 aromatic heterocycles. The molecule has 4 heteroatoms. The van der Waals surface area contributed by atoms with Crippen molar-refractivity contribution in [3.63, 3.8) is 0 Å². The largest absolute Gasteiger partial charge is 0.464 e. The molecule has 2 N–H and O–H groups in total. The summed E-state index contributed by atoms with van der Waals surface area (Å²) in [4.78, 5) is 10.8. The first-order valence-electron chi connectivity index (χ1n) is 5.50. The molecule has 0 aromatic rings. The van der Waals surface area contributed by atoms with Gasteiger partial charge in [0.2, 0.25) is 0 Å². The van der Waals surface area contributed by atoms with Gasteiger partial charge in [0, 0.05) is 12.1 Å². The average Bonchev–Trinajstić information content (AvgIpc) is 2.19. The van der Waals surface area contributed by atoms with Crippen LogP contribution in [0.2, 0.25) is 0 Å². The number of hydrogen-bond acceptors (Lipinski definition) is 2. The minimum atomic E-state index is -0.838. The number of hydrazine groups is 1. The summed E-state index contributed by atoms with van der Waals surface area (Å²) in [6.45, 7) is 0.636. The van der Waals surface area contributed by atoms with E-state index in [0.29, 0.717) is 6.54 Å². The van der Waals surface area contributed by atoms with Gasteiger partial charge in [0.15, 0.2) is 0 Å². The average molecular weight is 198 g/mol. The van der Waals surface area contributed by atoms with Crippen LogP contribution in [0.25, 0.3) is 0 Å². The first-order chi connectivity index (χ1) is 6.72. The van der Waals surface area contributed by atoms with Gasteiger partial charge in [-0.25, -0.2) is 15.2 Å². The van der Waals surface area contributed by atoms with Crippen LogP contribution in [-0.4, -0.2) is 28.3 Å². The van der Waals surface area contributed by atoms with Crippen molar-refractivity contribution in [1.29, 1.82) is 0 Å². The zero-order chi connectivity index (χ0) is 10.0. The van der Waals surface area contributed by atoms with Gasteiger partial charge in [0.05, 0.1) is 0 Å². The maximum Gasteiger partial charge on any atom is 0.421 e. The zero-order valence-electron chi connectivity index (χ0n) is 8.46. The van der Waals surface area contributed by atoms with Gasteiger partial charge in [-0.05, 0) is 25.7 Å². The molecular formula is C10H18N2O2. The Bertz CT molecular complexity index is 219. The smallest absolute Gasteiger partial charge is 0.421 e. The molecule has 0 radical (unpaired) electrons. The van der Waals surface area contributed by atoms with Crippen LogP contribution >= 0.6 is 0 Å². The van der Waals surface area contributed by atoms with Crippen LogP contribution < -0.4 is 5.43 Å². The Kier molecular flexibility index (Phi) is 2.63. The Morgan fingerprint density at radius 3 is 2.43 bits per heavy atom. The number of hydrogen-bond donors (Lipinski definition) is 2. The maximum atomic E-state index is 10.8. The van der Waals surface area contributed by atoms with E-state index >= 15 is 0 Å². The second-order valence-electron chi connectivity index (χ2n) is 4.49. The number of nitrogens with one attached hydrogen (secondary N) is 1. The monoisotopic (exact) mass is 198 g/mol. The van der Waals surface area contributed by atoms with Crippen molar-refractivity contribution >= 4 is 6.09 Å². The van der Waals surface area contributed by atoms with Crippen LogP contribution in [0.4, 0.5) is 4.79 Å². The molecule has 0 atom stereocenters. The van der Waals surface area contributed by atoms with Crippen LogP contribution in [0.3, 0.4) is 0 Å². The highest BCUT2D eigenvalue weighted by Gasteiger charge is 2.37. The first kappa shape index (κ1) is 9.77. The number of carboxylic acid groups (broad SMARTS) is 1. The fourth-order valence-electron chi connectivity index (χ4n) is 2.71. The van der Waals surface area contributed by atoms with Gasteiger partial charge < -0.3 is 5.11 Å². The SMILES string of the molecule is O=C(O)N1CCCC2(CCCCC2)N1. The normalized spacial score (nSPS) is 26.4. The summed E-state index contributed by atoms with van der Waals surface area (Å²) in [5.74, 6) is 0. The van der Waals surface area contributed by atoms with Crippen molar-refractivity contribution in [2.24, 2.45) is 0 Å².